The van der Waals surface area contributed by atoms with Crippen molar-refractivity contribution in [1.29, 1.82) is 0 Å². The van der Waals surface area contributed by atoms with E-state index in [-0.39, 0.29) is 0 Å². The monoisotopic (exact) mass is 394 g/mol. The van der Waals surface area contributed by atoms with Gasteiger partial charge >= 0.3 is 0 Å². The molecule has 1 atom stereocenters. The molecule has 2 aromatic carbocycles. The van der Waals surface area contributed by atoms with E-state index in [9.17, 15) is 13.2 Å². The molecule has 0 aliphatic rings. The van der Waals surface area contributed by atoms with E-state index in [4.69, 9.17) is 0 Å². The summed E-state index contributed by atoms with van der Waals surface area (Å²) in [6, 6.07) is 21.4. The van der Waals surface area contributed by atoms with E-state index in [0.29, 0.717) is 11.5 Å². The van der Waals surface area contributed by atoms with Gasteiger partial charge in [0.25, 0.3) is 0 Å². The van der Waals surface area contributed by atoms with E-state index in [2.05, 4.69) is 10.3 Å². The van der Waals surface area contributed by atoms with E-state index >= 15 is 0 Å². The van der Waals surface area contributed by atoms with Gasteiger partial charge in [-0.1, -0.05) is 60.2 Å². The van der Waals surface area contributed by atoms with Crippen molar-refractivity contribution < 1.29 is 13.2 Å². The number of benzene rings is 2. The number of carbonyl (C=O) groups excluding carboxylic acids is 1. The van der Waals surface area contributed by atoms with Gasteiger partial charge in [0.05, 0.1) is 5.69 Å². The SMILES string of the molecule is Cc1ccc(-c2cc(NC(=O)C(C)S(C)(=O)=O)nc(-c3ccccc3)c2)cc1. The fraction of sp³-hybridized carbons (Fsp3) is 0.182. The van der Waals surface area contributed by atoms with Crippen LogP contribution in [0.15, 0.2) is 66.7 Å². The van der Waals surface area contributed by atoms with Gasteiger partial charge in [0, 0.05) is 11.8 Å². The van der Waals surface area contributed by atoms with E-state index in [1.54, 1.807) is 6.07 Å². The first-order chi connectivity index (χ1) is 13.2. The van der Waals surface area contributed by atoms with Crippen molar-refractivity contribution in [3.63, 3.8) is 0 Å². The van der Waals surface area contributed by atoms with Crippen LogP contribution < -0.4 is 5.32 Å². The molecule has 0 bridgehead atoms. The number of hydrogen-bond acceptors (Lipinski definition) is 4. The Kier molecular flexibility index (Phi) is 5.61. The minimum Gasteiger partial charge on any atom is -0.310 e. The number of amides is 1. The molecule has 1 N–H and O–H groups in total. The maximum absolute atomic E-state index is 12.4. The fourth-order valence-corrected chi connectivity index (χ4v) is 3.13. The molecular weight excluding hydrogens is 372 g/mol. The average molecular weight is 394 g/mol. The molecule has 0 fully saturated rings. The van der Waals surface area contributed by atoms with Crippen LogP contribution in [0.3, 0.4) is 0 Å². The normalized spacial score (nSPS) is 12.4. The number of hydrogen-bond donors (Lipinski definition) is 1. The zero-order chi connectivity index (χ0) is 20.3. The van der Waals surface area contributed by atoms with Crippen molar-refractivity contribution >= 4 is 21.6 Å². The average Bonchev–Trinajstić information content (AvgIpc) is 2.67. The Morgan fingerprint density at radius 1 is 0.929 bits per heavy atom. The van der Waals surface area contributed by atoms with E-state index in [1.807, 2.05) is 67.6 Å². The van der Waals surface area contributed by atoms with Crippen LogP contribution in [0.2, 0.25) is 0 Å². The van der Waals surface area contributed by atoms with Crippen molar-refractivity contribution in [3.8, 4) is 22.4 Å². The number of aromatic nitrogens is 1. The summed E-state index contributed by atoms with van der Waals surface area (Å²) in [5.41, 5.74) is 4.62. The second-order valence-corrected chi connectivity index (χ2v) is 9.19. The largest absolute Gasteiger partial charge is 0.310 e. The highest BCUT2D eigenvalue weighted by molar-refractivity contribution is 7.92. The van der Waals surface area contributed by atoms with Gasteiger partial charge in [-0.15, -0.1) is 0 Å². The summed E-state index contributed by atoms with van der Waals surface area (Å²) >= 11 is 0. The molecule has 1 aromatic heterocycles. The molecular formula is C22H22N2O3S. The highest BCUT2D eigenvalue weighted by atomic mass is 32.2. The smallest absolute Gasteiger partial charge is 0.243 e. The second kappa shape index (κ2) is 7.94. The number of anilines is 1. The lowest BCUT2D eigenvalue weighted by Crippen LogP contribution is -2.32. The summed E-state index contributed by atoms with van der Waals surface area (Å²) in [5.74, 6) is -0.285. The number of nitrogens with one attached hydrogen (secondary N) is 1. The van der Waals surface area contributed by atoms with Crippen LogP contribution in [0.1, 0.15) is 12.5 Å². The van der Waals surface area contributed by atoms with Crippen molar-refractivity contribution in [3.05, 3.63) is 72.3 Å². The topological polar surface area (TPSA) is 76.1 Å². The highest BCUT2D eigenvalue weighted by Gasteiger charge is 2.24. The maximum Gasteiger partial charge on any atom is 0.243 e. The van der Waals surface area contributed by atoms with Crippen LogP contribution in [-0.2, 0) is 14.6 Å². The molecule has 0 aliphatic heterocycles. The summed E-state index contributed by atoms with van der Waals surface area (Å²) < 4.78 is 23.4. The van der Waals surface area contributed by atoms with Crippen LogP contribution >= 0.6 is 0 Å². The Hall–Kier alpha value is -2.99. The first-order valence-electron chi connectivity index (χ1n) is 8.88. The fourth-order valence-electron chi connectivity index (χ4n) is 2.69. The zero-order valence-corrected chi connectivity index (χ0v) is 16.8. The van der Waals surface area contributed by atoms with Crippen molar-refractivity contribution in [2.24, 2.45) is 0 Å². The quantitative estimate of drug-likeness (QED) is 0.707. The van der Waals surface area contributed by atoms with Gasteiger partial charge in [0.2, 0.25) is 5.91 Å². The molecule has 144 valence electrons. The summed E-state index contributed by atoms with van der Waals surface area (Å²) in [4.78, 5) is 16.9. The molecule has 28 heavy (non-hydrogen) atoms. The predicted octanol–water partition coefficient (Wildman–Crippen LogP) is 4.10. The zero-order valence-electron chi connectivity index (χ0n) is 16.0. The summed E-state index contributed by atoms with van der Waals surface area (Å²) in [7, 11) is -3.49. The Morgan fingerprint density at radius 2 is 1.57 bits per heavy atom. The molecule has 1 amide bonds. The van der Waals surface area contributed by atoms with Gasteiger partial charge in [-0.2, -0.15) is 0 Å². The molecule has 0 saturated carbocycles. The number of carbonyl (C=O) groups is 1. The van der Waals surface area contributed by atoms with E-state index in [1.165, 1.54) is 6.92 Å². The lowest BCUT2D eigenvalue weighted by molar-refractivity contribution is -0.115. The molecule has 0 saturated heterocycles. The number of rotatable bonds is 5. The van der Waals surface area contributed by atoms with E-state index < -0.39 is 21.0 Å². The highest BCUT2D eigenvalue weighted by Crippen LogP contribution is 2.28. The molecule has 3 rings (SSSR count). The van der Waals surface area contributed by atoms with Crippen molar-refractivity contribution in [2.75, 3.05) is 11.6 Å². The van der Waals surface area contributed by atoms with Crippen LogP contribution in [0.25, 0.3) is 22.4 Å². The summed E-state index contributed by atoms with van der Waals surface area (Å²) in [5, 5.41) is 1.50. The predicted molar refractivity (Wildman–Crippen MR) is 113 cm³/mol. The van der Waals surface area contributed by atoms with E-state index in [0.717, 1.165) is 28.5 Å². The molecule has 1 unspecified atom stereocenters. The minimum atomic E-state index is -3.49. The third-order valence-corrected chi connectivity index (χ3v) is 6.04. The lowest BCUT2D eigenvalue weighted by Gasteiger charge is -2.13. The standard InChI is InChI=1S/C22H22N2O3S/c1-15-9-11-17(12-10-15)19-13-20(18-7-5-4-6-8-18)23-21(14-19)24-22(25)16(2)28(3,26)27/h4-14,16H,1-3H3,(H,23,24,25). The first kappa shape index (κ1) is 19.8. The van der Waals surface area contributed by atoms with Crippen LogP contribution in [0, 0.1) is 6.92 Å². The third-order valence-electron chi connectivity index (χ3n) is 4.54. The lowest BCUT2D eigenvalue weighted by atomic mass is 10.0. The molecule has 1 heterocycles. The van der Waals surface area contributed by atoms with Crippen LogP contribution in [-0.4, -0.2) is 30.8 Å². The second-order valence-electron chi connectivity index (χ2n) is 6.82. The van der Waals surface area contributed by atoms with Crippen molar-refractivity contribution in [1.82, 2.24) is 4.98 Å². The van der Waals surface area contributed by atoms with Gasteiger partial charge in [-0.05, 0) is 37.1 Å². The Labute approximate surface area is 165 Å². The van der Waals surface area contributed by atoms with Gasteiger partial charge in [-0.3, -0.25) is 4.79 Å². The van der Waals surface area contributed by atoms with Gasteiger partial charge in [0.15, 0.2) is 9.84 Å². The van der Waals surface area contributed by atoms with Gasteiger partial charge in [0.1, 0.15) is 11.1 Å². The molecule has 5 nitrogen and oxygen atoms in total. The minimum absolute atomic E-state index is 0.317. The molecule has 0 radical (unpaired) electrons. The summed E-state index contributed by atoms with van der Waals surface area (Å²) in [6.45, 7) is 3.39. The van der Waals surface area contributed by atoms with Crippen LogP contribution in [0.4, 0.5) is 5.82 Å². The Bertz CT molecular complexity index is 1090. The maximum atomic E-state index is 12.4. The number of pyridine rings is 1. The van der Waals surface area contributed by atoms with Gasteiger partial charge < -0.3 is 5.32 Å². The molecule has 6 heteroatoms. The van der Waals surface area contributed by atoms with Gasteiger partial charge in [-0.25, -0.2) is 13.4 Å². The Morgan fingerprint density at radius 3 is 2.18 bits per heavy atom. The first-order valence-corrected chi connectivity index (χ1v) is 10.8. The molecule has 0 spiro atoms. The van der Waals surface area contributed by atoms with Crippen molar-refractivity contribution in [2.45, 2.75) is 19.1 Å². The third kappa shape index (κ3) is 4.64. The number of nitrogens with zero attached hydrogens (tertiary/aromatic N) is 1. The number of aryl methyl sites for hydroxylation is 1. The Balaban J connectivity index is 2.05. The summed E-state index contributed by atoms with van der Waals surface area (Å²) in [6.07, 6.45) is 1.04. The molecule has 3 aromatic rings. The molecule has 0 aliphatic carbocycles. The number of sulfone groups is 1. The van der Waals surface area contributed by atoms with Crippen LogP contribution in [0.5, 0.6) is 0 Å².